The van der Waals surface area contributed by atoms with E-state index in [1.807, 2.05) is 25.1 Å². The predicted molar refractivity (Wildman–Crippen MR) is 79.9 cm³/mol. The van der Waals surface area contributed by atoms with E-state index < -0.39 is 11.8 Å². The van der Waals surface area contributed by atoms with Gasteiger partial charge in [0.15, 0.2) is 0 Å². The molecule has 3 rings (SSSR count). The van der Waals surface area contributed by atoms with Crippen LogP contribution in [0.25, 0.3) is 0 Å². The molecule has 0 atom stereocenters. The Bertz CT molecular complexity index is 629. The standard InChI is InChI=1S/C16H19N3O3/c1-2-17-9-10-19(15(21)14(17)20)16(22)18-8-7-12-5-3-4-6-13(12)11-18/h3-6H,2,7-11H2,1H3. The molecule has 4 amide bonds. The highest BCUT2D eigenvalue weighted by atomic mass is 16.2. The van der Waals surface area contributed by atoms with Gasteiger partial charge in [0.05, 0.1) is 0 Å². The minimum absolute atomic E-state index is 0.273. The van der Waals surface area contributed by atoms with E-state index in [9.17, 15) is 14.4 Å². The molecule has 0 N–H and O–H groups in total. The monoisotopic (exact) mass is 301 g/mol. The molecular formula is C16H19N3O3. The van der Waals surface area contributed by atoms with Gasteiger partial charge in [0.1, 0.15) is 0 Å². The first-order valence-electron chi connectivity index (χ1n) is 7.58. The average molecular weight is 301 g/mol. The summed E-state index contributed by atoms with van der Waals surface area (Å²) in [7, 11) is 0. The SMILES string of the molecule is CCN1CCN(C(=O)N2CCc3ccccc3C2)C(=O)C1=O. The fraction of sp³-hybridized carbons (Fsp3) is 0.438. The van der Waals surface area contributed by atoms with Gasteiger partial charge < -0.3 is 9.80 Å². The van der Waals surface area contributed by atoms with Crippen molar-refractivity contribution in [2.24, 2.45) is 0 Å². The molecular weight excluding hydrogens is 282 g/mol. The van der Waals surface area contributed by atoms with E-state index in [2.05, 4.69) is 6.07 Å². The van der Waals surface area contributed by atoms with Crippen LogP contribution in [-0.2, 0) is 22.6 Å². The molecule has 116 valence electrons. The topological polar surface area (TPSA) is 60.9 Å². The molecule has 1 saturated heterocycles. The summed E-state index contributed by atoms with van der Waals surface area (Å²) in [6.45, 7) is 4.07. The van der Waals surface area contributed by atoms with Crippen molar-refractivity contribution in [1.82, 2.24) is 14.7 Å². The molecule has 0 unspecified atom stereocenters. The summed E-state index contributed by atoms with van der Waals surface area (Å²) in [5.74, 6) is -1.29. The largest absolute Gasteiger partial charge is 0.333 e. The predicted octanol–water partition coefficient (Wildman–Crippen LogP) is 0.855. The summed E-state index contributed by atoms with van der Waals surface area (Å²) in [6.07, 6.45) is 0.777. The Morgan fingerprint density at radius 3 is 2.50 bits per heavy atom. The van der Waals surface area contributed by atoms with Gasteiger partial charge in [0, 0.05) is 32.7 Å². The normalized spacial score (nSPS) is 18.5. The number of hydrogen-bond acceptors (Lipinski definition) is 3. The second-order valence-electron chi connectivity index (χ2n) is 5.56. The second kappa shape index (κ2) is 5.79. The number of urea groups is 1. The third-order valence-corrected chi connectivity index (χ3v) is 4.32. The number of fused-ring (bicyclic) bond motifs is 1. The van der Waals surface area contributed by atoms with Crippen LogP contribution in [0.1, 0.15) is 18.1 Å². The molecule has 2 aliphatic rings. The van der Waals surface area contributed by atoms with Gasteiger partial charge in [0.25, 0.3) is 0 Å². The Labute approximate surface area is 129 Å². The maximum Gasteiger partial charge on any atom is 0.327 e. The minimum atomic E-state index is -0.711. The fourth-order valence-corrected chi connectivity index (χ4v) is 2.99. The summed E-state index contributed by atoms with van der Waals surface area (Å²) >= 11 is 0. The maximum atomic E-state index is 12.6. The van der Waals surface area contributed by atoms with Crippen LogP contribution >= 0.6 is 0 Å². The lowest BCUT2D eigenvalue weighted by molar-refractivity contribution is -0.153. The summed E-state index contributed by atoms with van der Waals surface area (Å²) in [6, 6.07) is 7.63. The van der Waals surface area contributed by atoms with Gasteiger partial charge >= 0.3 is 17.8 Å². The number of nitrogens with zero attached hydrogens (tertiary/aromatic N) is 3. The zero-order valence-corrected chi connectivity index (χ0v) is 12.6. The molecule has 1 fully saturated rings. The van der Waals surface area contributed by atoms with E-state index in [4.69, 9.17) is 0 Å². The lowest BCUT2D eigenvalue weighted by Crippen LogP contribution is -2.59. The third-order valence-electron chi connectivity index (χ3n) is 4.32. The molecule has 0 aromatic heterocycles. The highest BCUT2D eigenvalue weighted by molar-refractivity contribution is 6.38. The number of hydrogen-bond donors (Lipinski definition) is 0. The van der Waals surface area contributed by atoms with E-state index >= 15 is 0 Å². The summed E-state index contributed by atoms with van der Waals surface area (Å²) < 4.78 is 0. The Morgan fingerprint density at radius 2 is 1.77 bits per heavy atom. The molecule has 0 saturated carbocycles. The van der Waals surface area contributed by atoms with Crippen LogP contribution in [0, 0.1) is 0 Å². The number of likely N-dealkylation sites (N-methyl/N-ethyl adjacent to an activating group) is 1. The Morgan fingerprint density at radius 1 is 1.05 bits per heavy atom. The number of piperazine rings is 1. The van der Waals surface area contributed by atoms with E-state index in [0.717, 1.165) is 16.9 Å². The Balaban J connectivity index is 1.73. The van der Waals surface area contributed by atoms with Gasteiger partial charge in [-0.05, 0) is 24.5 Å². The number of imide groups is 1. The van der Waals surface area contributed by atoms with Crippen LogP contribution < -0.4 is 0 Å². The van der Waals surface area contributed by atoms with E-state index in [1.54, 1.807) is 4.90 Å². The number of carbonyl (C=O) groups is 3. The first-order valence-corrected chi connectivity index (χ1v) is 7.58. The van der Waals surface area contributed by atoms with Gasteiger partial charge in [-0.2, -0.15) is 0 Å². The summed E-state index contributed by atoms with van der Waals surface area (Å²) in [5.41, 5.74) is 2.35. The van der Waals surface area contributed by atoms with Crippen LogP contribution in [0.5, 0.6) is 0 Å². The molecule has 6 nitrogen and oxygen atoms in total. The smallest absolute Gasteiger partial charge is 0.327 e. The number of amides is 4. The van der Waals surface area contributed by atoms with Crippen molar-refractivity contribution in [2.45, 2.75) is 19.9 Å². The number of carbonyl (C=O) groups excluding carboxylic acids is 3. The van der Waals surface area contributed by atoms with Crippen LogP contribution in [0.15, 0.2) is 24.3 Å². The molecule has 1 aromatic carbocycles. The van der Waals surface area contributed by atoms with Crippen LogP contribution in [0.4, 0.5) is 4.79 Å². The average Bonchev–Trinajstić information content (AvgIpc) is 2.56. The van der Waals surface area contributed by atoms with Crippen LogP contribution in [0.2, 0.25) is 0 Å². The van der Waals surface area contributed by atoms with Crippen molar-refractivity contribution in [2.75, 3.05) is 26.2 Å². The summed E-state index contributed by atoms with van der Waals surface area (Å²) in [4.78, 5) is 40.8. The van der Waals surface area contributed by atoms with Gasteiger partial charge in [-0.25, -0.2) is 4.79 Å². The molecule has 1 aromatic rings. The van der Waals surface area contributed by atoms with Gasteiger partial charge in [-0.15, -0.1) is 0 Å². The highest BCUT2D eigenvalue weighted by Gasteiger charge is 2.37. The molecule has 0 bridgehead atoms. The molecule has 6 heteroatoms. The van der Waals surface area contributed by atoms with Gasteiger partial charge in [-0.1, -0.05) is 24.3 Å². The quantitative estimate of drug-likeness (QED) is 0.723. The first-order chi connectivity index (χ1) is 10.6. The molecule has 2 aliphatic heterocycles. The Kier molecular flexibility index (Phi) is 3.83. The number of rotatable bonds is 1. The highest BCUT2D eigenvalue weighted by Crippen LogP contribution is 2.20. The van der Waals surface area contributed by atoms with Crippen molar-refractivity contribution in [3.05, 3.63) is 35.4 Å². The van der Waals surface area contributed by atoms with Gasteiger partial charge in [0.2, 0.25) is 0 Å². The van der Waals surface area contributed by atoms with E-state index in [0.29, 0.717) is 26.2 Å². The van der Waals surface area contributed by atoms with Crippen molar-refractivity contribution in [3.8, 4) is 0 Å². The lowest BCUT2D eigenvalue weighted by Gasteiger charge is -2.36. The zero-order chi connectivity index (χ0) is 15.7. The fourth-order valence-electron chi connectivity index (χ4n) is 2.99. The molecule has 0 aliphatic carbocycles. The summed E-state index contributed by atoms with van der Waals surface area (Å²) in [5, 5.41) is 0. The molecule has 0 spiro atoms. The van der Waals surface area contributed by atoms with Crippen LogP contribution in [-0.4, -0.2) is 58.7 Å². The van der Waals surface area contributed by atoms with Crippen molar-refractivity contribution in [1.29, 1.82) is 0 Å². The molecule has 22 heavy (non-hydrogen) atoms. The van der Waals surface area contributed by atoms with Gasteiger partial charge in [-0.3, -0.25) is 14.5 Å². The lowest BCUT2D eigenvalue weighted by atomic mass is 10.0. The van der Waals surface area contributed by atoms with Crippen molar-refractivity contribution < 1.29 is 14.4 Å². The minimum Gasteiger partial charge on any atom is -0.333 e. The molecule has 2 heterocycles. The second-order valence-corrected chi connectivity index (χ2v) is 5.56. The third kappa shape index (κ3) is 2.45. The maximum absolute atomic E-state index is 12.6. The Hall–Kier alpha value is -2.37. The van der Waals surface area contributed by atoms with Crippen LogP contribution in [0.3, 0.4) is 0 Å². The first kappa shape index (κ1) is 14.6. The van der Waals surface area contributed by atoms with E-state index in [-0.39, 0.29) is 12.6 Å². The zero-order valence-electron chi connectivity index (χ0n) is 12.6. The van der Waals surface area contributed by atoms with Crippen molar-refractivity contribution in [3.63, 3.8) is 0 Å². The van der Waals surface area contributed by atoms with Crippen molar-refractivity contribution >= 4 is 17.8 Å². The number of benzene rings is 1. The van der Waals surface area contributed by atoms with E-state index in [1.165, 1.54) is 10.5 Å². The molecule has 0 radical (unpaired) electrons.